The van der Waals surface area contributed by atoms with Crippen molar-refractivity contribution in [2.45, 2.75) is 52.2 Å². The number of aliphatic hydroxyl groups is 1. The number of hydrogen-bond acceptors (Lipinski definition) is 4. The lowest BCUT2D eigenvalue weighted by atomic mass is 10.1. The van der Waals surface area contributed by atoms with Crippen molar-refractivity contribution in [2.24, 2.45) is 5.92 Å². The number of rotatable bonds is 7. The minimum Gasteiger partial charge on any atom is -0.394 e. The van der Waals surface area contributed by atoms with Gasteiger partial charge >= 0.3 is 0 Å². The van der Waals surface area contributed by atoms with Crippen LogP contribution in [0, 0.1) is 19.8 Å². The largest absolute Gasteiger partial charge is 0.394 e. The van der Waals surface area contributed by atoms with Gasteiger partial charge in [0.05, 0.1) is 25.5 Å². The Morgan fingerprint density at radius 2 is 2.14 bits per heavy atom. The van der Waals surface area contributed by atoms with Crippen LogP contribution in [0.4, 0.5) is 0 Å². The summed E-state index contributed by atoms with van der Waals surface area (Å²) in [5, 5.41) is 13.7. The number of ether oxygens (including phenoxy) is 1. The van der Waals surface area contributed by atoms with E-state index in [0.717, 1.165) is 38.0 Å². The van der Waals surface area contributed by atoms with Crippen molar-refractivity contribution in [1.82, 2.24) is 14.7 Å². The molecule has 0 aromatic carbocycles. The molecule has 5 heteroatoms. The number of aryl methyl sites for hydroxylation is 1. The highest BCUT2D eigenvalue weighted by molar-refractivity contribution is 5.24. The van der Waals surface area contributed by atoms with Crippen LogP contribution in [-0.4, -0.2) is 52.2 Å². The van der Waals surface area contributed by atoms with E-state index in [2.05, 4.69) is 23.8 Å². The average molecular weight is 293 g/mol. The molecule has 1 unspecified atom stereocenters. The fourth-order valence-electron chi connectivity index (χ4n) is 3.32. The van der Waals surface area contributed by atoms with Gasteiger partial charge in [0.15, 0.2) is 0 Å². The Morgan fingerprint density at radius 1 is 1.33 bits per heavy atom. The second-order valence-electron chi connectivity index (χ2n) is 6.49. The summed E-state index contributed by atoms with van der Waals surface area (Å²) >= 11 is 0. The Balaban J connectivity index is 1.70. The monoisotopic (exact) mass is 293 g/mol. The summed E-state index contributed by atoms with van der Waals surface area (Å²) in [5.41, 5.74) is 3.65. The van der Waals surface area contributed by atoms with E-state index in [-0.39, 0.29) is 6.61 Å². The standard InChI is InChI=1S/C16H27N3O2/c1-12-16(13(2)19(17-12)6-7-20)10-18(15-3-4-15)9-14-5-8-21-11-14/h14-15,20H,3-11H2,1-2H3. The molecule has 3 rings (SSSR count). The van der Waals surface area contributed by atoms with Crippen LogP contribution < -0.4 is 0 Å². The fourth-order valence-corrected chi connectivity index (χ4v) is 3.32. The minimum atomic E-state index is 0.146. The Bertz CT molecular complexity index is 476. The Kier molecular flexibility index (Phi) is 4.62. The van der Waals surface area contributed by atoms with E-state index in [1.165, 1.54) is 30.5 Å². The minimum absolute atomic E-state index is 0.146. The van der Waals surface area contributed by atoms with E-state index < -0.39 is 0 Å². The molecule has 1 aliphatic carbocycles. The maximum Gasteiger partial charge on any atom is 0.0644 e. The smallest absolute Gasteiger partial charge is 0.0644 e. The summed E-state index contributed by atoms with van der Waals surface area (Å²) in [6.07, 6.45) is 3.86. The van der Waals surface area contributed by atoms with Crippen molar-refractivity contribution >= 4 is 0 Å². The Hall–Kier alpha value is -0.910. The first-order valence-corrected chi connectivity index (χ1v) is 8.14. The molecule has 2 aliphatic rings. The maximum absolute atomic E-state index is 9.13. The Labute approximate surface area is 126 Å². The number of aromatic nitrogens is 2. The predicted molar refractivity (Wildman–Crippen MR) is 81.1 cm³/mol. The van der Waals surface area contributed by atoms with Crippen molar-refractivity contribution in [3.05, 3.63) is 17.0 Å². The second kappa shape index (κ2) is 6.46. The number of aliphatic hydroxyl groups excluding tert-OH is 1. The summed E-state index contributed by atoms with van der Waals surface area (Å²) in [7, 11) is 0. The van der Waals surface area contributed by atoms with Crippen molar-refractivity contribution in [3.8, 4) is 0 Å². The van der Waals surface area contributed by atoms with Crippen molar-refractivity contribution in [1.29, 1.82) is 0 Å². The van der Waals surface area contributed by atoms with E-state index in [0.29, 0.717) is 12.5 Å². The zero-order valence-corrected chi connectivity index (χ0v) is 13.2. The third-order valence-electron chi connectivity index (χ3n) is 4.78. The molecule has 0 spiro atoms. The molecule has 118 valence electrons. The Morgan fingerprint density at radius 3 is 2.76 bits per heavy atom. The molecule has 2 heterocycles. The van der Waals surface area contributed by atoms with Gasteiger partial charge in [-0.25, -0.2) is 0 Å². The first-order chi connectivity index (χ1) is 10.2. The van der Waals surface area contributed by atoms with E-state index in [9.17, 15) is 0 Å². The molecule has 0 bridgehead atoms. The lowest BCUT2D eigenvalue weighted by molar-refractivity contribution is 0.161. The highest BCUT2D eigenvalue weighted by Crippen LogP contribution is 2.31. The van der Waals surface area contributed by atoms with Crippen LogP contribution in [0.1, 0.15) is 36.2 Å². The van der Waals surface area contributed by atoms with Crippen LogP contribution in [0.25, 0.3) is 0 Å². The van der Waals surface area contributed by atoms with Crippen LogP contribution in [-0.2, 0) is 17.8 Å². The van der Waals surface area contributed by atoms with Gasteiger partial charge in [0.1, 0.15) is 0 Å². The molecule has 0 amide bonds. The molecule has 1 aliphatic heterocycles. The average Bonchev–Trinajstić information content (AvgIpc) is 3.13. The fraction of sp³-hybridized carbons (Fsp3) is 0.812. The van der Waals surface area contributed by atoms with Crippen LogP contribution in [0.3, 0.4) is 0 Å². The molecule has 1 saturated heterocycles. The van der Waals surface area contributed by atoms with Crippen LogP contribution in [0.15, 0.2) is 0 Å². The van der Waals surface area contributed by atoms with Crippen molar-refractivity contribution < 1.29 is 9.84 Å². The van der Waals surface area contributed by atoms with Gasteiger partial charge in [0.2, 0.25) is 0 Å². The summed E-state index contributed by atoms with van der Waals surface area (Å²) in [6.45, 7) is 8.92. The molecule has 1 aromatic heterocycles. The van der Waals surface area contributed by atoms with E-state index >= 15 is 0 Å². The van der Waals surface area contributed by atoms with Gasteiger partial charge < -0.3 is 9.84 Å². The molecule has 2 fully saturated rings. The van der Waals surface area contributed by atoms with Crippen LogP contribution in [0.2, 0.25) is 0 Å². The zero-order chi connectivity index (χ0) is 14.8. The molecule has 5 nitrogen and oxygen atoms in total. The predicted octanol–water partition coefficient (Wildman–Crippen LogP) is 1.49. The topological polar surface area (TPSA) is 50.5 Å². The van der Waals surface area contributed by atoms with Gasteiger partial charge in [-0.1, -0.05) is 0 Å². The van der Waals surface area contributed by atoms with E-state index in [1.807, 2.05) is 4.68 Å². The third kappa shape index (κ3) is 3.47. The van der Waals surface area contributed by atoms with Gasteiger partial charge in [0, 0.05) is 37.0 Å². The van der Waals surface area contributed by atoms with Crippen molar-refractivity contribution in [3.63, 3.8) is 0 Å². The first-order valence-electron chi connectivity index (χ1n) is 8.14. The molecule has 1 aromatic rings. The maximum atomic E-state index is 9.13. The zero-order valence-electron chi connectivity index (χ0n) is 13.2. The summed E-state index contributed by atoms with van der Waals surface area (Å²) in [4.78, 5) is 2.62. The summed E-state index contributed by atoms with van der Waals surface area (Å²) < 4.78 is 7.46. The first kappa shape index (κ1) is 15.0. The molecular weight excluding hydrogens is 266 g/mol. The quantitative estimate of drug-likeness (QED) is 0.827. The lowest BCUT2D eigenvalue weighted by Crippen LogP contribution is -2.31. The third-order valence-corrected chi connectivity index (χ3v) is 4.78. The molecule has 1 saturated carbocycles. The normalized spacial score (nSPS) is 22.4. The van der Waals surface area contributed by atoms with Gasteiger partial charge in [-0.05, 0) is 39.0 Å². The summed E-state index contributed by atoms with van der Waals surface area (Å²) in [6, 6.07) is 0.755. The second-order valence-corrected chi connectivity index (χ2v) is 6.49. The van der Waals surface area contributed by atoms with E-state index in [4.69, 9.17) is 9.84 Å². The highest BCUT2D eigenvalue weighted by Gasteiger charge is 2.32. The van der Waals surface area contributed by atoms with Gasteiger partial charge in [-0.15, -0.1) is 0 Å². The number of hydrogen-bond donors (Lipinski definition) is 1. The van der Waals surface area contributed by atoms with E-state index in [1.54, 1.807) is 0 Å². The van der Waals surface area contributed by atoms with Gasteiger partial charge in [0.25, 0.3) is 0 Å². The molecule has 1 N–H and O–H groups in total. The van der Waals surface area contributed by atoms with Gasteiger partial charge in [-0.3, -0.25) is 9.58 Å². The van der Waals surface area contributed by atoms with Crippen LogP contribution >= 0.6 is 0 Å². The van der Waals surface area contributed by atoms with Gasteiger partial charge in [-0.2, -0.15) is 5.10 Å². The lowest BCUT2D eigenvalue weighted by Gasteiger charge is -2.25. The molecule has 1 atom stereocenters. The van der Waals surface area contributed by atoms with Crippen LogP contribution in [0.5, 0.6) is 0 Å². The highest BCUT2D eigenvalue weighted by atomic mass is 16.5. The molecule has 0 radical (unpaired) electrons. The number of nitrogens with zero attached hydrogens (tertiary/aromatic N) is 3. The summed E-state index contributed by atoms with van der Waals surface area (Å²) in [5.74, 6) is 0.693. The SMILES string of the molecule is Cc1nn(CCO)c(C)c1CN(CC1CCOC1)C1CC1. The molecular formula is C16H27N3O2. The molecule has 21 heavy (non-hydrogen) atoms. The van der Waals surface area contributed by atoms with Crippen molar-refractivity contribution in [2.75, 3.05) is 26.4 Å².